The maximum absolute atomic E-state index is 14.0. The highest BCUT2D eigenvalue weighted by molar-refractivity contribution is 6.34. The topological polar surface area (TPSA) is 79.3 Å². The van der Waals surface area contributed by atoms with E-state index in [0.29, 0.717) is 5.06 Å². The van der Waals surface area contributed by atoms with Crippen molar-refractivity contribution in [3.8, 4) is 11.5 Å². The predicted molar refractivity (Wildman–Crippen MR) is 115 cm³/mol. The number of aliphatic hydroxyl groups is 1. The normalized spacial score (nSPS) is 13.1. The molecule has 0 aliphatic heterocycles. The van der Waals surface area contributed by atoms with Gasteiger partial charge in [0.2, 0.25) is 0 Å². The average molecular weight is 489 g/mol. The monoisotopic (exact) mass is 488 g/mol. The quantitative estimate of drug-likeness (QED) is 0.567. The van der Waals surface area contributed by atoms with Gasteiger partial charge in [-0.2, -0.15) is 18.2 Å². The van der Waals surface area contributed by atoms with E-state index in [9.17, 15) is 27.9 Å². The van der Waals surface area contributed by atoms with Crippen LogP contribution in [0.4, 0.5) is 13.2 Å². The summed E-state index contributed by atoms with van der Waals surface area (Å²) >= 11 is 6.13. The summed E-state index contributed by atoms with van der Waals surface area (Å²) in [6, 6.07) is 8.31. The lowest BCUT2D eigenvalue weighted by atomic mass is 9.91. The third-order valence-corrected chi connectivity index (χ3v) is 4.97. The number of hydrogen-bond acceptors (Lipinski definition) is 5. The second-order valence-corrected chi connectivity index (χ2v) is 7.69. The van der Waals surface area contributed by atoms with E-state index in [1.807, 2.05) is 0 Å². The maximum Gasteiger partial charge on any atom is 0.430 e. The Hall–Kier alpha value is -2.98. The van der Waals surface area contributed by atoms with E-state index in [-0.39, 0.29) is 35.1 Å². The molecule has 0 bridgehead atoms. The molecule has 2 aromatic carbocycles. The molecule has 180 valence electrons. The van der Waals surface area contributed by atoms with Gasteiger partial charge in [0.1, 0.15) is 5.75 Å². The van der Waals surface area contributed by atoms with Gasteiger partial charge in [0.25, 0.3) is 11.5 Å². The molecule has 2 rings (SSSR count). The molecule has 1 unspecified atom stereocenters. The van der Waals surface area contributed by atoms with Crippen LogP contribution in [0, 0.1) is 0 Å². The molecule has 0 aliphatic carbocycles. The molecular formula is C22H24ClF3N2O5. The lowest BCUT2D eigenvalue weighted by Crippen LogP contribution is -2.56. The standard InChI is InChI=1S/C22H24ClF3N2O5/c1-5-11-28(33-16-9-10-17(18(23)13-16)19(29)27(2)3)20(30)21(31,22(24,25)26)14-7-6-8-15(12-14)32-4/h6-10,12-13,31H,5,11H2,1-4H3. The summed E-state index contributed by atoms with van der Waals surface area (Å²) in [5.74, 6) is -2.20. The lowest BCUT2D eigenvalue weighted by molar-refractivity contribution is -0.270. The third-order valence-electron chi connectivity index (χ3n) is 4.65. The average Bonchev–Trinajstić information content (AvgIpc) is 2.76. The number of hydrogen-bond donors (Lipinski definition) is 1. The van der Waals surface area contributed by atoms with E-state index in [2.05, 4.69) is 0 Å². The Morgan fingerprint density at radius 1 is 1.09 bits per heavy atom. The number of alkyl halides is 3. The van der Waals surface area contributed by atoms with Gasteiger partial charge in [-0.1, -0.05) is 30.7 Å². The minimum atomic E-state index is -5.37. The second kappa shape index (κ2) is 10.3. The van der Waals surface area contributed by atoms with Gasteiger partial charge in [0.15, 0.2) is 5.75 Å². The Balaban J connectivity index is 2.46. The van der Waals surface area contributed by atoms with Crippen LogP contribution in [0.2, 0.25) is 5.02 Å². The Kier molecular flexibility index (Phi) is 8.20. The molecule has 0 heterocycles. The highest BCUT2D eigenvalue weighted by Crippen LogP contribution is 2.41. The first-order chi connectivity index (χ1) is 15.4. The molecule has 2 amide bonds. The molecule has 33 heavy (non-hydrogen) atoms. The molecule has 7 nitrogen and oxygen atoms in total. The molecule has 11 heteroatoms. The van der Waals surface area contributed by atoms with Crippen molar-refractivity contribution < 1.29 is 37.4 Å². The van der Waals surface area contributed by atoms with Crippen LogP contribution in [0.3, 0.4) is 0 Å². The van der Waals surface area contributed by atoms with Crippen LogP contribution in [-0.2, 0) is 10.4 Å². The van der Waals surface area contributed by atoms with E-state index in [1.54, 1.807) is 6.92 Å². The number of benzene rings is 2. The molecule has 0 aliphatic rings. The van der Waals surface area contributed by atoms with Gasteiger partial charge >= 0.3 is 12.1 Å². The van der Waals surface area contributed by atoms with Gasteiger partial charge in [0, 0.05) is 25.7 Å². The smallest absolute Gasteiger partial charge is 0.430 e. The second-order valence-electron chi connectivity index (χ2n) is 7.28. The summed E-state index contributed by atoms with van der Waals surface area (Å²) in [6.07, 6.45) is -5.14. The number of rotatable bonds is 8. The molecule has 0 radical (unpaired) electrons. The van der Waals surface area contributed by atoms with Crippen molar-refractivity contribution in [1.29, 1.82) is 0 Å². The molecule has 1 atom stereocenters. The van der Waals surface area contributed by atoms with Gasteiger partial charge < -0.3 is 19.6 Å². The van der Waals surface area contributed by atoms with Crippen molar-refractivity contribution >= 4 is 23.4 Å². The SMILES string of the molecule is CCCN(Oc1ccc(C(=O)N(C)C)c(Cl)c1)C(=O)C(O)(c1cccc(OC)c1)C(F)(F)F. The van der Waals surface area contributed by atoms with Crippen LogP contribution in [-0.4, -0.2) is 60.8 Å². The summed E-state index contributed by atoms with van der Waals surface area (Å²) in [6.45, 7) is 1.35. The summed E-state index contributed by atoms with van der Waals surface area (Å²) in [7, 11) is 4.30. The van der Waals surface area contributed by atoms with Gasteiger partial charge in [-0.05, 0) is 30.7 Å². The van der Waals surface area contributed by atoms with Crippen molar-refractivity contribution in [2.45, 2.75) is 25.1 Å². The van der Waals surface area contributed by atoms with Gasteiger partial charge in [0.05, 0.1) is 24.2 Å². The van der Waals surface area contributed by atoms with Crippen LogP contribution in [0.1, 0.15) is 29.3 Å². The van der Waals surface area contributed by atoms with Crippen molar-refractivity contribution in [1.82, 2.24) is 9.96 Å². The van der Waals surface area contributed by atoms with Crippen LogP contribution >= 0.6 is 11.6 Å². The summed E-state index contributed by atoms with van der Waals surface area (Å²) in [5, 5.41) is 11.1. The van der Waals surface area contributed by atoms with Gasteiger partial charge in [-0.3, -0.25) is 9.59 Å². The summed E-state index contributed by atoms with van der Waals surface area (Å²) in [4.78, 5) is 31.9. The van der Waals surface area contributed by atoms with E-state index in [4.69, 9.17) is 21.2 Å². The largest absolute Gasteiger partial charge is 0.497 e. The first kappa shape index (κ1) is 26.3. The Morgan fingerprint density at radius 3 is 2.27 bits per heavy atom. The number of ether oxygens (including phenoxy) is 1. The van der Waals surface area contributed by atoms with Crippen molar-refractivity contribution in [2.75, 3.05) is 27.7 Å². The van der Waals surface area contributed by atoms with Crippen molar-refractivity contribution in [2.24, 2.45) is 0 Å². The molecule has 0 saturated carbocycles. The fraction of sp³-hybridized carbons (Fsp3) is 0.364. The van der Waals surface area contributed by atoms with Crippen LogP contribution in [0.25, 0.3) is 0 Å². The number of amides is 2. The van der Waals surface area contributed by atoms with Crippen molar-refractivity contribution in [3.05, 3.63) is 58.6 Å². The molecule has 1 N–H and O–H groups in total. The minimum Gasteiger partial charge on any atom is -0.497 e. The molecule has 0 fully saturated rings. The third kappa shape index (κ3) is 5.51. The zero-order chi connectivity index (χ0) is 25.0. The maximum atomic E-state index is 14.0. The van der Waals surface area contributed by atoms with E-state index < -0.39 is 29.2 Å². The molecule has 0 saturated heterocycles. The fourth-order valence-electron chi connectivity index (χ4n) is 2.92. The molecular weight excluding hydrogens is 465 g/mol. The molecule has 0 aromatic heterocycles. The van der Waals surface area contributed by atoms with Crippen molar-refractivity contribution in [3.63, 3.8) is 0 Å². The summed E-state index contributed by atoms with van der Waals surface area (Å²) in [5.41, 5.74) is -4.49. The zero-order valence-corrected chi connectivity index (χ0v) is 19.2. The number of carbonyl (C=O) groups is 2. The Morgan fingerprint density at radius 2 is 1.76 bits per heavy atom. The Labute approximate surface area is 194 Å². The highest BCUT2D eigenvalue weighted by Gasteiger charge is 2.62. The number of nitrogens with zero attached hydrogens (tertiary/aromatic N) is 2. The van der Waals surface area contributed by atoms with E-state index >= 15 is 0 Å². The van der Waals surface area contributed by atoms with E-state index in [1.165, 1.54) is 56.4 Å². The lowest BCUT2D eigenvalue weighted by Gasteiger charge is -2.34. The first-order valence-electron chi connectivity index (χ1n) is 9.81. The van der Waals surface area contributed by atoms with Crippen LogP contribution < -0.4 is 9.57 Å². The highest BCUT2D eigenvalue weighted by atomic mass is 35.5. The van der Waals surface area contributed by atoms with Gasteiger partial charge in [-0.15, -0.1) is 0 Å². The van der Waals surface area contributed by atoms with Crippen LogP contribution in [0.15, 0.2) is 42.5 Å². The van der Waals surface area contributed by atoms with Crippen LogP contribution in [0.5, 0.6) is 11.5 Å². The zero-order valence-electron chi connectivity index (χ0n) is 18.4. The number of carbonyl (C=O) groups excluding carboxylic acids is 2. The molecule has 2 aromatic rings. The fourth-order valence-corrected chi connectivity index (χ4v) is 3.17. The number of methoxy groups -OCH3 is 1. The van der Waals surface area contributed by atoms with E-state index in [0.717, 1.165) is 12.1 Å². The molecule has 0 spiro atoms. The predicted octanol–water partition coefficient (Wildman–Crippen LogP) is 4.03. The number of halogens is 4. The first-order valence-corrected chi connectivity index (χ1v) is 10.2. The Bertz CT molecular complexity index is 1020. The number of hydroxylamine groups is 2. The van der Waals surface area contributed by atoms with Gasteiger partial charge in [-0.25, -0.2) is 0 Å². The summed E-state index contributed by atoms with van der Waals surface area (Å²) < 4.78 is 47.0. The minimum absolute atomic E-state index is 0.0195.